The molecule has 5 heteroatoms. The van der Waals surface area contributed by atoms with Crippen molar-refractivity contribution in [1.29, 1.82) is 0 Å². The minimum atomic E-state index is -3.25. The molecule has 1 rings (SSSR count). The Bertz CT molecular complexity index is 488. The van der Waals surface area contributed by atoms with Crippen LogP contribution in [0.2, 0.25) is 0 Å². The Labute approximate surface area is 123 Å². The summed E-state index contributed by atoms with van der Waals surface area (Å²) >= 11 is 0. The van der Waals surface area contributed by atoms with Gasteiger partial charge in [0.05, 0.1) is 5.75 Å². The Morgan fingerprint density at radius 1 is 1.20 bits per heavy atom. The number of rotatable bonds is 8. The van der Waals surface area contributed by atoms with Gasteiger partial charge in [-0.25, -0.2) is 12.7 Å². The van der Waals surface area contributed by atoms with Crippen molar-refractivity contribution in [2.45, 2.75) is 26.7 Å². The molecule has 1 aromatic carbocycles. The summed E-state index contributed by atoms with van der Waals surface area (Å²) in [7, 11) is -3.25. The minimum Gasteiger partial charge on any atom is -0.330 e. The van der Waals surface area contributed by atoms with Gasteiger partial charge in [-0.15, -0.1) is 0 Å². The molecule has 0 fully saturated rings. The van der Waals surface area contributed by atoms with E-state index in [-0.39, 0.29) is 17.6 Å². The minimum absolute atomic E-state index is 0.0107. The highest BCUT2D eigenvalue weighted by Gasteiger charge is 2.24. The molecule has 0 saturated heterocycles. The lowest BCUT2D eigenvalue weighted by Crippen LogP contribution is -2.38. The van der Waals surface area contributed by atoms with E-state index in [1.807, 2.05) is 51.1 Å². The molecular formula is C15H26N2O2S. The zero-order valence-electron chi connectivity index (χ0n) is 12.6. The van der Waals surface area contributed by atoms with Crippen LogP contribution in [0.3, 0.4) is 0 Å². The highest BCUT2D eigenvalue weighted by molar-refractivity contribution is 7.89. The van der Waals surface area contributed by atoms with Gasteiger partial charge in [0.25, 0.3) is 0 Å². The normalized spacial score (nSPS) is 15.2. The Morgan fingerprint density at radius 3 is 2.30 bits per heavy atom. The van der Waals surface area contributed by atoms with E-state index in [1.165, 1.54) is 0 Å². The Hall–Kier alpha value is -0.910. The van der Waals surface area contributed by atoms with Crippen molar-refractivity contribution < 1.29 is 8.42 Å². The molecule has 114 valence electrons. The second-order valence-electron chi connectivity index (χ2n) is 5.38. The van der Waals surface area contributed by atoms with Crippen molar-refractivity contribution in [1.82, 2.24) is 4.31 Å². The van der Waals surface area contributed by atoms with E-state index in [2.05, 4.69) is 0 Å². The van der Waals surface area contributed by atoms with Crippen molar-refractivity contribution >= 4 is 10.0 Å². The molecule has 2 unspecified atom stereocenters. The summed E-state index contributed by atoms with van der Waals surface area (Å²) in [5.41, 5.74) is 6.64. The number of hydrogen-bond acceptors (Lipinski definition) is 3. The molecule has 0 aromatic heterocycles. The summed E-state index contributed by atoms with van der Waals surface area (Å²) < 4.78 is 26.5. The van der Waals surface area contributed by atoms with Crippen molar-refractivity contribution in [3.8, 4) is 0 Å². The zero-order valence-corrected chi connectivity index (χ0v) is 13.4. The van der Waals surface area contributed by atoms with Crippen LogP contribution < -0.4 is 5.73 Å². The van der Waals surface area contributed by atoms with Crippen molar-refractivity contribution in [2.24, 2.45) is 11.7 Å². The van der Waals surface area contributed by atoms with Gasteiger partial charge >= 0.3 is 0 Å². The fourth-order valence-electron chi connectivity index (χ4n) is 2.16. The maximum atomic E-state index is 12.5. The summed E-state index contributed by atoms with van der Waals surface area (Å²) in [6, 6.07) is 9.75. The molecule has 0 aliphatic carbocycles. The van der Waals surface area contributed by atoms with Gasteiger partial charge in [0.2, 0.25) is 10.0 Å². The molecule has 20 heavy (non-hydrogen) atoms. The standard InChI is InChI=1S/C15H26N2O2S/c1-4-17(11-13(2)10-16)20(18,19)12-14(3)15-8-6-5-7-9-15/h5-9,13-14H,4,10-12,16H2,1-3H3. The molecule has 4 nitrogen and oxygen atoms in total. The average molecular weight is 298 g/mol. The van der Waals surface area contributed by atoms with E-state index in [9.17, 15) is 8.42 Å². The first kappa shape index (κ1) is 17.1. The summed E-state index contributed by atoms with van der Waals surface area (Å²) in [5, 5.41) is 0. The third-order valence-electron chi connectivity index (χ3n) is 3.49. The summed E-state index contributed by atoms with van der Waals surface area (Å²) in [6.07, 6.45) is 0. The van der Waals surface area contributed by atoms with Gasteiger partial charge in [0.1, 0.15) is 0 Å². The van der Waals surface area contributed by atoms with Crippen LogP contribution >= 0.6 is 0 Å². The molecule has 0 aliphatic heterocycles. The van der Waals surface area contributed by atoms with Gasteiger partial charge in [-0.2, -0.15) is 0 Å². The van der Waals surface area contributed by atoms with E-state index < -0.39 is 10.0 Å². The lowest BCUT2D eigenvalue weighted by molar-refractivity contribution is 0.370. The van der Waals surface area contributed by atoms with E-state index in [4.69, 9.17) is 5.73 Å². The van der Waals surface area contributed by atoms with E-state index in [1.54, 1.807) is 4.31 Å². The van der Waals surface area contributed by atoms with E-state index in [0.29, 0.717) is 19.6 Å². The average Bonchev–Trinajstić information content (AvgIpc) is 2.44. The first-order valence-corrected chi connectivity index (χ1v) is 8.74. The second kappa shape index (κ2) is 7.76. The molecule has 0 bridgehead atoms. The predicted octanol–water partition coefficient (Wildman–Crippen LogP) is 2.04. The molecule has 2 N–H and O–H groups in total. The van der Waals surface area contributed by atoms with Crippen LogP contribution in [-0.4, -0.2) is 38.1 Å². The predicted molar refractivity (Wildman–Crippen MR) is 84.1 cm³/mol. The smallest absolute Gasteiger partial charge is 0.214 e. The fourth-order valence-corrected chi connectivity index (χ4v) is 4.07. The van der Waals surface area contributed by atoms with Gasteiger partial charge in [0.15, 0.2) is 0 Å². The number of nitrogens with two attached hydrogens (primary N) is 1. The largest absolute Gasteiger partial charge is 0.330 e. The fraction of sp³-hybridized carbons (Fsp3) is 0.600. The number of hydrogen-bond donors (Lipinski definition) is 1. The zero-order chi connectivity index (χ0) is 15.2. The molecule has 1 aromatic rings. The van der Waals surface area contributed by atoms with Gasteiger partial charge in [-0.05, 0) is 23.9 Å². The first-order chi connectivity index (χ1) is 9.40. The van der Waals surface area contributed by atoms with E-state index in [0.717, 1.165) is 5.56 Å². The highest BCUT2D eigenvalue weighted by Crippen LogP contribution is 2.19. The summed E-state index contributed by atoms with van der Waals surface area (Å²) in [5.74, 6) is 0.308. The maximum absolute atomic E-state index is 12.5. The van der Waals surface area contributed by atoms with Crippen LogP contribution in [0.1, 0.15) is 32.3 Å². The summed E-state index contributed by atoms with van der Waals surface area (Å²) in [4.78, 5) is 0. The SMILES string of the molecule is CCN(CC(C)CN)S(=O)(=O)CC(C)c1ccccc1. The quantitative estimate of drug-likeness (QED) is 0.799. The maximum Gasteiger partial charge on any atom is 0.214 e. The third kappa shape index (κ3) is 4.89. The van der Waals surface area contributed by atoms with Crippen LogP contribution in [0.25, 0.3) is 0 Å². The van der Waals surface area contributed by atoms with Crippen LogP contribution in [0.4, 0.5) is 0 Å². The molecule has 0 saturated carbocycles. The van der Waals surface area contributed by atoms with Crippen molar-refractivity contribution in [2.75, 3.05) is 25.4 Å². The summed E-state index contributed by atoms with van der Waals surface area (Å²) in [6.45, 7) is 7.28. The highest BCUT2D eigenvalue weighted by atomic mass is 32.2. The third-order valence-corrected chi connectivity index (χ3v) is 5.61. The molecular weight excluding hydrogens is 272 g/mol. The number of sulfonamides is 1. The molecule has 2 atom stereocenters. The van der Waals surface area contributed by atoms with Crippen LogP contribution in [0.5, 0.6) is 0 Å². The van der Waals surface area contributed by atoms with E-state index >= 15 is 0 Å². The van der Waals surface area contributed by atoms with Gasteiger partial charge in [-0.3, -0.25) is 0 Å². The van der Waals surface area contributed by atoms with Crippen LogP contribution in [-0.2, 0) is 10.0 Å². The molecule has 0 radical (unpaired) electrons. The first-order valence-electron chi connectivity index (χ1n) is 7.13. The Balaban J connectivity index is 2.77. The lowest BCUT2D eigenvalue weighted by Gasteiger charge is -2.25. The van der Waals surface area contributed by atoms with Gasteiger partial charge in [0, 0.05) is 13.1 Å². The monoisotopic (exact) mass is 298 g/mol. The van der Waals surface area contributed by atoms with Gasteiger partial charge < -0.3 is 5.73 Å². The Kier molecular flexibility index (Phi) is 6.65. The molecule has 0 aliphatic rings. The van der Waals surface area contributed by atoms with Crippen LogP contribution in [0, 0.1) is 5.92 Å². The number of nitrogens with zero attached hydrogens (tertiary/aromatic N) is 1. The molecule has 0 heterocycles. The topological polar surface area (TPSA) is 63.4 Å². The Morgan fingerprint density at radius 2 is 1.80 bits per heavy atom. The van der Waals surface area contributed by atoms with Crippen molar-refractivity contribution in [3.63, 3.8) is 0 Å². The lowest BCUT2D eigenvalue weighted by atomic mass is 10.0. The second-order valence-corrected chi connectivity index (χ2v) is 7.40. The van der Waals surface area contributed by atoms with Crippen molar-refractivity contribution in [3.05, 3.63) is 35.9 Å². The van der Waals surface area contributed by atoms with Gasteiger partial charge in [-0.1, -0.05) is 51.1 Å². The molecule has 0 amide bonds. The number of benzene rings is 1. The van der Waals surface area contributed by atoms with Crippen LogP contribution in [0.15, 0.2) is 30.3 Å². The molecule has 0 spiro atoms.